The van der Waals surface area contributed by atoms with Gasteiger partial charge in [-0.1, -0.05) is 0 Å². The average molecular weight is 340 g/mol. The number of nitrogens with zero attached hydrogens (tertiary/aromatic N) is 1. The molecule has 1 aliphatic carbocycles. The van der Waals surface area contributed by atoms with E-state index in [4.69, 9.17) is 0 Å². The second kappa shape index (κ2) is 7.13. The van der Waals surface area contributed by atoms with Crippen LogP contribution in [0.3, 0.4) is 0 Å². The van der Waals surface area contributed by atoms with E-state index in [1.54, 1.807) is 0 Å². The molecule has 1 amide bonds. The van der Waals surface area contributed by atoms with Gasteiger partial charge in [-0.15, -0.1) is 0 Å². The van der Waals surface area contributed by atoms with Crippen LogP contribution in [-0.4, -0.2) is 37.5 Å². The van der Waals surface area contributed by atoms with E-state index in [0.717, 1.165) is 31.6 Å². The molecule has 3 atom stereocenters. The summed E-state index contributed by atoms with van der Waals surface area (Å²) < 4.78 is 39.5. The van der Waals surface area contributed by atoms with Crippen LogP contribution in [0.15, 0.2) is 12.1 Å². The summed E-state index contributed by atoms with van der Waals surface area (Å²) in [7, 11) is 2.11. The van der Waals surface area contributed by atoms with Gasteiger partial charge in [0.25, 0.3) is 0 Å². The molecule has 132 valence electrons. The summed E-state index contributed by atoms with van der Waals surface area (Å²) in [6, 6.07) is 1.99. The van der Waals surface area contributed by atoms with Crippen molar-refractivity contribution in [1.82, 2.24) is 10.2 Å². The molecule has 0 bridgehead atoms. The lowest BCUT2D eigenvalue weighted by Gasteiger charge is -2.29. The number of benzene rings is 1. The molecule has 1 N–H and O–H groups in total. The number of hydrogen-bond donors (Lipinski definition) is 1. The summed E-state index contributed by atoms with van der Waals surface area (Å²) in [4.78, 5) is 14.5. The van der Waals surface area contributed by atoms with E-state index >= 15 is 0 Å². The minimum atomic E-state index is -1.46. The van der Waals surface area contributed by atoms with E-state index < -0.39 is 17.5 Å². The lowest BCUT2D eigenvalue weighted by molar-refractivity contribution is -0.122. The number of nitrogens with one attached hydrogen (secondary N) is 1. The third-order valence-electron chi connectivity index (χ3n) is 5.14. The van der Waals surface area contributed by atoms with Crippen LogP contribution in [0.25, 0.3) is 0 Å². The second-order valence-electron chi connectivity index (χ2n) is 7.10. The highest BCUT2D eigenvalue weighted by molar-refractivity contribution is 5.82. The molecule has 1 aromatic rings. The molecule has 1 aliphatic heterocycles. The molecule has 3 rings (SSSR count). The number of hydrogen-bond acceptors (Lipinski definition) is 2. The Kier molecular flexibility index (Phi) is 5.13. The molecule has 0 aromatic heterocycles. The van der Waals surface area contributed by atoms with Gasteiger partial charge in [0, 0.05) is 19.0 Å². The summed E-state index contributed by atoms with van der Waals surface area (Å²) >= 11 is 0. The van der Waals surface area contributed by atoms with Gasteiger partial charge >= 0.3 is 0 Å². The summed E-state index contributed by atoms with van der Waals surface area (Å²) in [5.74, 6) is -3.79. The Bertz CT molecular complexity index is 599. The second-order valence-corrected chi connectivity index (χ2v) is 7.10. The number of carbonyl (C=O) groups excluding carboxylic acids is 1. The van der Waals surface area contributed by atoms with Crippen molar-refractivity contribution in [3.8, 4) is 0 Å². The third kappa shape index (κ3) is 3.91. The van der Waals surface area contributed by atoms with Gasteiger partial charge in [-0.2, -0.15) is 0 Å². The van der Waals surface area contributed by atoms with Crippen molar-refractivity contribution in [2.24, 2.45) is 11.8 Å². The predicted molar refractivity (Wildman–Crippen MR) is 85.0 cm³/mol. The van der Waals surface area contributed by atoms with Gasteiger partial charge in [0.05, 0.1) is 0 Å². The summed E-state index contributed by atoms with van der Waals surface area (Å²) in [6.07, 6.45) is 3.90. The minimum Gasteiger partial charge on any atom is -0.356 e. The highest BCUT2D eigenvalue weighted by Crippen LogP contribution is 2.48. The van der Waals surface area contributed by atoms with Crippen molar-refractivity contribution < 1.29 is 18.0 Å². The van der Waals surface area contributed by atoms with Crippen molar-refractivity contribution in [3.63, 3.8) is 0 Å². The maximum Gasteiger partial charge on any atom is 0.223 e. The first-order valence-corrected chi connectivity index (χ1v) is 8.56. The molecular weight excluding hydrogens is 317 g/mol. The maximum absolute atomic E-state index is 13.3. The molecule has 24 heavy (non-hydrogen) atoms. The Labute approximate surface area is 140 Å². The monoisotopic (exact) mass is 340 g/mol. The molecule has 2 aliphatic rings. The topological polar surface area (TPSA) is 32.3 Å². The maximum atomic E-state index is 13.3. The Balaban J connectivity index is 1.46. The molecule has 6 heteroatoms. The molecule has 0 spiro atoms. The zero-order valence-electron chi connectivity index (χ0n) is 13.8. The van der Waals surface area contributed by atoms with Gasteiger partial charge in [0.1, 0.15) is 0 Å². The molecule has 3 nitrogen and oxygen atoms in total. The zero-order chi connectivity index (χ0) is 17.3. The van der Waals surface area contributed by atoms with Gasteiger partial charge in [-0.3, -0.25) is 4.79 Å². The van der Waals surface area contributed by atoms with Crippen molar-refractivity contribution in [1.29, 1.82) is 0 Å². The highest BCUT2D eigenvalue weighted by atomic mass is 19.2. The summed E-state index contributed by atoms with van der Waals surface area (Å²) in [5, 5.41) is 2.93. The lowest BCUT2D eigenvalue weighted by atomic mass is 9.95. The van der Waals surface area contributed by atoms with Crippen molar-refractivity contribution in [3.05, 3.63) is 35.1 Å². The van der Waals surface area contributed by atoms with Crippen LogP contribution in [0, 0.1) is 29.3 Å². The van der Waals surface area contributed by atoms with Crippen molar-refractivity contribution in [2.75, 3.05) is 26.7 Å². The van der Waals surface area contributed by atoms with Gasteiger partial charge in [-0.25, -0.2) is 13.2 Å². The first kappa shape index (κ1) is 17.3. The van der Waals surface area contributed by atoms with E-state index in [9.17, 15) is 18.0 Å². The van der Waals surface area contributed by atoms with Gasteiger partial charge in [-0.05, 0) is 68.8 Å². The number of piperidine rings is 1. The van der Waals surface area contributed by atoms with Crippen LogP contribution in [0.2, 0.25) is 0 Å². The van der Waals surface area contributed by atoms with E-state index in [1.165, 1.54) is 12.8 Å². The highest BCUT2D eigenvalue weighted by Gasteiger charge is 2.44. The quantitative estimate of drug-likeness (QED) is 0.836. The van der Waals surface area contributed by atoms with E-state index in [2.05, 4.69) is 17.3 Å². The third-order valence-corrected chi connectivity index (χ3v) is 5.14. The Hall–Kier alpha value is -1.56. The summed E-state index contributed by atoms with van der Waals surface area (Å²) in [5.41, 5.74) is 0.362. The van der Waals surface area contributed by atoms with Crippen LogP contribution < -0.4 is 5.32 Å². The predicted octanol–water partition coefficient (Wildman–Crippen LogP) is 3.06. The Morgan fingerprint density at radius 2 is 2.00 bits per heavy atom. The first-order chi connectivity index (χ1) is 11.5. The number of likely N-dealkylation sites (tertiary alicyclic amines) is 1. The number of carbonyl (C=O) groups is 1. The van der Waals surface area contributed by atoms with Crippen LogP contribution in [-0.2, 0) is 4.79 Å². The van der Waals surface area contributed by atoms with Gasteiger partial charge in [0.2, 0.25) is 5.91 Å². The van der Waals surface area contributed by atoms with E-state index in [-0.39, 0.29) is 17.7 Å². The van der Waals surface area contributed by atoms with Crippen LogP contribution in [0.5, 0.6) is 0 Å². The standard InChI is InChI=1S/C18H23F3N2O/c1-23-6-2-3-11(10-23)4-5-22-18(24)14-9-13(14)12-7-15(19)17(21)16(20)8-12/h7-8,11,13-14H,2-6,9-10H2,1H3,(H,22,24). The van der Waals surface area contributed by atoms with E-state index in [1.807, 2.05) is 0 Å². The van der Waals surface area contributed by atoms with Crippen LogP contribution in [0.4, 0.5) is 13.2 Å². The van der Waals surface area contributed by atoms with Crippen LogP contribution in [0.1, 0.15) is 37.2 Å². The number of halogens is 3. The smallest absolute Gasteiger partial charge is 0.223 e. The van der Waals surface area contributed by atoms with E-state index in [0.29, 0.717) is 24.4 Å². The largest absolute Gasteiger partial charge is 0.356 e. The van der Waals surface area contributed by atoms with Crippen LogP contribution >= 0.6 is 0 Å². The molecule has 2 fully saturated rings. The molecular formula is C18H23F3N2O. The molecule has 0 radical (unpaired) electrons. The first-order valence-electron chi connectivity index (χ1n) is 8.56. The normalized spacial score (nSPS) is 27.1. The van der Waals surface area contributed by atoms with Crippen molar-refractivity contribution in [2.45, 2.75) is 31.6 Å². The molecule has 1 saturated carbocycles. The Morgan fingerprint density at radius 1 is 1.29 bits per heavy atom. The average Bonchev–Trinajstić information content (AvgIpc) is 3.33. The summed E-state index contributed by atoms with van der Waals surface area (Å²) in [6.45, 7) is 2.83. The number of amides is 1. The van der Waals surface area contributed by atoms with Gasteiger partial charge in [0.15, 0.2) is 17.5 Å². The minimum absolute atomic E-state index is 0.0747. The fraction of sp³-hybridized carbons (Fsp3) is 0.611. The Morgan fingerprint density at radius 3 is 2.67 bits per heavy atom. The fourth-order valence-electron chi connectivity index (χ4n) is 3.68. The number of rotatable bonds is 5. The molecule has 1 aromatic carbocycles. The molecule has 3 unspecified atom stereocenters. The zero-order valence-corrected chi connectivity index (χ0v) is 13.8. The molecule has 1 saturated heterocycles. The fourth-order valence-corrected chi connectivity index (χ4v) is 3.68. The van der Waals surface area contributed by atoms with Crippen molar-refractivity contribution >= 4 is 5.91 Å². The van der Waals surface area contributed by atoms with Gasteiger partial charge < -0.3 is 10.2 Å². The SMILES string of the molecule is CN1CCCC(CCNC(=O)C2CC2c2cc(F)c(F)c(F)c2)C1. The lowest BCUT2D eigenvalue weighted by Crippen LogP contribution is -2.35. The molecule has 1 heterocycles.